The van der Waals surface area contributed by atoms with Crippen LogP contribution in [-0.2, 0) is 17.6 Å². The van der Waals surface area contributed by atoms with Gasteiger partial charge in [0.2, 0.25) is 0 Å². The maximum atomic E-state index is 12.8. The smallest absolute Gasteiger partial charge is 0.267 e. The number of nitriles is 1. The molecule has 0 spiro atoms. The molecule has 0 atom stereocenters. The highest BCUT2D eigenvalue weighted by molar-refractivity contribution is 7.21. The Labute approximate surface area is 203 Å². The van der Waals surface area contributed by atoms with E-state index in [0.29, 0.717) is 0 Å². The minimum atomic E-state index is -0.424. The van der Waals surface area contributed by atoms with Crippen LogP contribution in [0.3, 0.4) is 0 Å². The minimum absolute atomic E-state index is 0.0126. The van der Waals surface area contributed by atoms with E-state index in [9.17, 15) is 10.1 Å². The number of carbonyl (C=O) groups is 1. The van der Waals surface area contributed by atoms with Crippen molar-refractivity contribution in [3.05, 3.63) is 89.1 Å². The summed E-state index contributed by atoms with van der Waals surface area (Å²) in [6.07, 6.45) is 3.05. The van der Waals surface area contributed by atoms with Crippen LogP contribution in [0, 0.1) is 18.3 Å². The van der Waals surface area contributed by atoms with Crippen molar-refractivity contribution in [1.29, 1.82) is 5.26 Å². The molecule has 0 aliphatic rings. The molecule has 0 radical (unpaired) electrons. The van der Waals surface area contributed by atoms with Gasteiger partial charge in [-0.1, -0.05) is 38.1 Å². The summed E-state index contributed by atoms with van der Waals surface area (Å²) >= 11 is 1.66. The third kappa shape index (κ3) is 5.00. The number of thiazole rings is 1. The molecule has 0 aliphatic heterocycles. The van der Waals surface area contributed by atoms with Crippen molar-refractivity contribution in [2.24, 2.45) is 0 Å². The van der Waals surface area contributed by atoms with Crippen LogP contribution in [0.4, 0.5) is 11.4 Å². The zero-order valence-electron chi connectivity index (χ0n) is 19.5. The molecule has 0 fully saturated rings. The number of benzene rings is 3. The van der Waals surface area contributed by atoms with Crippen molar-refractivity contribution in [3.63, 3.8) is 0 Å². The van der Waals surface area contributed by atoms with Gasteiger partial charge in [0.25, 0.3) is 5.91 Å². The molecule has 1 heterocycles. The Bertz CT molecular complexity index is 1390. The molecule has 4 aromatic rings. The summed E-state index contributed by atoms with van der Waals surface area (Å²) in [5.74, 6) is -0.424. The molecule has 0 bridgehead atoms. The summed E-state index contributed by atoms with van der Waals surface area (Å²) in [4.78, 5) is 17.5. The summed E-state index contributed by atoms with van der Waals surface area (Å²) in [7, 11) is 0. The molecular formula is C28H26N4OS. The minimum Gasteiger partial charge on any atom is -0.360 e. The topological polar surface area (TPSA) is 77.8 Å². The molecule has 0 saturated carbocycles. The van der Waals surface area contributed by atoms with Crippen LogP contribution in [-0.4, -0.2) is 10.9 Å². The third-order valence-corrected chi connectivity index (χ3v) is 6.73. The molecular weight excluding hydrogens is 440 g/mol. The van der Waals surface area contributed by atoms with E-state index in [2.05, 4.69) is 29.7 Å². The number of fused-ring (bicyclic) bond motifs is 1. The lowest BCUT2D eigenvalue weighted by atomic mass is 10.0. The quantitative estimate of drug-likeness (QED) is 0.230. The first-order chi connectivity index (χ1) is 16.5. The summed E-state index contributed by atoms with van der Waals surface area (Å²) < 4.78 is 1.17. The lowest BCUT2D eigenvalue weighted by Gasteiger charge is -2.14. The van der Waals surface area contributed by atoms with Crippen molar-refractivity contribution >= 4 is 38.8 Å². The lowest BCUT2D eigenvalue weighted by Crippen LogP contribution is -2.17. The van der Waals surface area contributed by atoms with Crippen molar-refractivity contribution < 1.29 is 4.79 Å². The number of para-hydroxylation sites is 1. The molecule has 170 valence electrons. The van der Waals surface area contributed by atoms with Crippen molar-refractivity contribution in [2.45, 2.75) is 33.6 Å². The monoisotopic (exact) mass is 466 g/mol. The van der Waals surface area contributed by atoms with Gasteiger partial charge < -0.3 is 10.6 Å². The van der Waals surface area contributed by atoms with Gasteiger partial charge in [0.1, 0.15) is 16.6 Å². The molecule has 0 saturated heterocycles. The molecule has 2 N–H and O–H groups in total. The zero-order chi connectivity index (χ0) is 24.1. The van der Waals surface area contributed by atoms with Gasteiger partial charge >= 0.3 is 0 Å². The number of hydrogen-bond acceptors (Lipinski definition) is 5. The number of carbonyl (C=O) groups excluding carboxylic acids is 1. The Morgan fingerprint density at radius 1 is 1.06 bits per heavy atom. The van der Waals surface area contributed by atoms with Gasteiger partial charge in [-0.15, -0.1) is 11.3 Å². The van der Waals surface area contributed by atoms with Crippen molar-refractivity contribution in [2.75, 3.05) is 10.6 Å². The van der Waals surface area contributed by atoms with Gasteiger partial charge in [0.15, 0.2) is 0 Å². The molecule has 4 rings (SSSR count). The van der Waals surface area contributed by atoms with Gasteiger partial charge in [0, 0.05) is 23.1 Å². The lowest BCUT2D eigenvalue weighted by molar-refractivity contribution is -0.112. The maximum absolute atomic E-state index is 12.8. The Hall–Kier alpha value is -3.95. The Morgan fingerprint density at radius 2 is 1.76 bits per heavy atom. The fourth-order valence-electron chi connectivity index (χ4n) is 3.75. The van der Waals surface area contributed by atoms with E-state index in [1.54, 1.807) is 11.3 Å². The van der Waals surface area contributed by atoms with Gasteiger partial charge in [-0.25, -0.2) is 4.98 Å². The predicted octanol–water partition coefficient (Wildman–Crippen LogP) is 6.85. The molecule has 1 aromatic heterocycles. The largest absolute Gasteiger partial charge is 0.360 e. The highest BCUT2D eigenvalue weighted by atomic mass is 32.1. The van der Waals surface area contributed by atoms with Gasteiger partial charge in [-0.05, 0) is 72.9 Å². The standard InChI is InChI=1S/C28H26N4OS/c1-4-19-7-6-8-20(5-2)26(19)32-27(33)22(16-29)17-30-23-12-10-21(11-13-23)28-31-24-14-9-18(3)15-25(24)34-28/h6-15,17,30H,4-5H2,1-3H3,(H,32,33)/b22-17-. The van der Waals surface area contributed by atoms with E-state index in [-0.39, 0.29) is 5.57 Å². The number of nitrogens with one attached hydrogen (secondary N) is 2. The molecule has 0 unspecified atom stereocenters. The van der Waals surface area contributed by atoms with E-state index >= 15 is 0 Å². The van der Waals surface area contributed by atoms with E-state index in [1.807, 2.05) is 68.4 Å². The first-order valence-corrected chi connectivity index (χ1v) is 12.1. The second-order valence-corrected chi connectivity index (χ2v) is 9.02. The summed E-state index contributed by atoms with van der Waals surface area (Å²) in [5.41, 5.74) is 6.94. The first kappa shape index (κ1) is 23.2. The van der Waals surface area contributed by atoms with Crippen LogP contribution >= 0.6 is 11.3 Å². The van der Waals surface area contributed by atoms with Crippen LogP contribution in [0.2, 0.25) is 0 Å². The number of nitrogens with zero attached hydrogens (tertiary/aromatic N) is 2. The summed E-state index contributed by atoms with van der Waals surface area (Å²) in [5, 5.41) is 16.5. The molecule has 3 aromatic carbocycles. The first-order valence-electron chi connectivity index (χ1n) is 11.3. The molecule has 34 heavy (non-hydrogen) atoms. The van der Waals surface area contributed by atoms with Crippen LogP contribution < -0.4 is 10.6 Å². The van der Waals surface area contributed by atoms with Crippen LogP contribution in [0.15, 0.2) is 72.4 Å². The highest BCUT2D eigenvalue weighted by Gasteiger charge is 2.14. The van der Waals surface area contributed by atoms with E-state index in [0.717, 1.165) is 51.4 Å². The van der Waals surface area contributed by atoms with Crippen LogP contribution in [0.5, 0.6) is 0 Å². The number of hydrogen-bond donors (Lipinski definition) is 2. The number of amides is 1. The molecule has 6 heteroatoms. The highest BCUT2D eigenvalue weighted by Crippen LogP contribution is 2.31. The molecule has 1 amide bonds. The number of aromatic nitrogens is 1. The fourth-order valence-corrected chi connectivity index (χ4v) is 4.82. The number of rotatable bonds is 7. The van der Waals surface area contributed by atoms with Gasteiger partial charge in [0.05, 0.1) is 10.2 Å². The summed E-state index contributed by atoms with van der Waals surface area (Å²) in [6.45, 7) is 6.17. The average molecular weight is 467 g/mol. The van der Waals surface area contributed by atoms with Crippen LogP contribution in [0.1, 0.15) is 30.5 Å². The molecule has 0 aliphatic carbocycles. The number of anilines is 2. The summed E-state index contributed by atoms with van der Waals surface area (Å²) in [6, 6.07) is 22.0. The Morgan fingerprint density at radius 3 is 2.41 bits per heavy atom. The van der Waals surface area contributed by atoms with Gasteiger partial charge in [-0.3, -0.25) is 4.79 Å². The third-order valence-electron chi connectivity index (χ3n) is 5.66. The van der Waals surface area contributed by atoms with Crippen LogP contribution in [0.25, 0.3) is 20.8 Å². The maximum Gasteiger partial charge on any atom is 0.267 e. The number of aryl methyl sites for hydroxylation is 3. The Kier molecular flexibility index (Phi) is 7.05. The van der Waals surface area contributed by atoms with Gasteiger partial charge in [-0.2, -0.15) is 5.26 Å². The SMILES string of the molecule is CCc1cccc(CC)c1NC(=O)/C(C#N)=C\Nc1ccc(-c2nc3ccc(C)cc3s2)cc1. The zero-order valence-corrected chi connectivity index (χ0v) is 20.3. The van der Waals surface area contributed by atoms with E-state index < -0.39 is 5.91 Å². The molecule has 5 nitrogen and oxygen atoms in total. The second kappa shape index (κ2) is 10.3. The van der Waals surface area contributed by atoms with Crippen molar-refractivity contribution in [1.82, 2.24) is 4.98 Å². The normalized spacial score (nSPS) is 11.3. The predicted molar refractivity (Wildman–Crippen MR) is 141 cm³/mol. The van der Waals surface area contributed by atoms with E-state index in [1.165, 1.54) is 16.5 Å². The van der Waals surface area contributed by atoms with Crippen molar-refractivity contribution in [3.8, 4) is 16.6 Å². The second-order valence-electron chi connectivity index (χ2n) is 7.99. The van der Waals surface area contributed by atoms with E-state index in [4.69, 9.17) is 4.98 Å². The fraction of sp³-hybridized carbons (Fsp3) is 0.179. The Balaban J connectivity index is 1.48. The average Bonchev–Trinajstić information content (AvgIpc) is 3.28.